The number of aliphatic hydroxyl groups is 2. The molecule has 1 unspecified atom stereocenters. The van der Waals surface area contributed by atoms with Gasteiger partial charge in [0.2, 0.25) is 0 Å². The number of rotatable bonds is 4. The van der Waals surface area contributed by atoms with E-state index < -0.39 is 6.10 Å². The van der Waals surface area contributed by atoms with E-state index in [9.17, 15) is 5.11 Å². The summed E-state index contributed by atoms with van der Waals surface area (Å²) in [5.41, 5.74) is 4.61. The first-order chi connectivity index (χ1) is 7.04. The molecule has 1 aromatic rings. The van der Waals surface area contributed by atoms with Crippen LogP contribution in [-0.4, -0.2) is 29.5 Å². The Morgan fingerprint density at radius 1 is 1.20 bits per heavy atom. The molecular weight excluding hydrogens is 190 g/mol. The smallest absolute Gasteiger partial charge is 0.0942 e. The molecule has 1 rings (SSSR count). The normalized spacial score (nSPS) is 12.6. The highest BCUT2D eigenvalue weighted by molar-refractivity contribution is 5.58. The van der Waals surface area contributed by atoms with Crippen LogP contribution in [0.5, 0.6) is 0 Å². The zero-order valence-electron chi connectivity index (χ0n) is 9.54. The van der Waals surface area contributed by atoms with Crippen molar-refractivity contribution in [2.24, 2.45) is 0 Å². The Morgan fingerprint density at radius 2 is 1.73 bits per heavy atom. The molecule has 0 fully saturated rings. The molecule has 0 bridgehead atoms. The Labute approximate surface area is 90.8 Å². The highest BCUT2D eigenvalue weighted by Crippen LogP contribution is 2.21. The maximum Gasteiger partial charge on any atom is 0.0942 e. The van der Waals surface area contributed by atoms with E-state index in [1.807, 2.05) is 13.8 Å². The molecule has 0 aliphatic carbocycles. The van der Waals surface area contributed by atoms with Crippen molar-refractivity contribution in [3.05, 3.63) is 28.8 Å². The molecule has 3 heteroatoms. The zero-order chi connectivity index (χ0) is 11.4. The molecule has 3 N–H and O–H groups in total. The van der Waals surface area contributed by atoms with E-state index in [1.54, 1.807) is 0 Å². The second-order valence-corrected chi connectivity index (χ2v) is 3.99. The van der Waals surface area contributed by atoms with Gasteiger partial charge in [0.05, 0.1) is 12.7 Å². The van der Waals surface area contributed by atoms with Gasteiger partial charge in [0.1, 0.15) is 0 Å². The minimum absolute atomic E-state index is 0.211. The summed E-state index contributed by atoms with van der Waals surface area (Å²) in [6.07, 6.45) is -0.704. The van der Waals surface area contributed by atoms with E-state index in [2.05, 4.69) is 24.4 Å². The Hall–Kier alpha value is -1.06. The topological polar surface area (TPSA) is 52.5 Å². The molecule has 3 nitrogen and oxygen atoms in total. The monoisotopic (exact) mass is 209 g/mol. The minimum atomic E-state index is -0.704. The standard InChI is InChI=1S/C12H19NO2/c1-8-4-9(2)12(10(3)5-8)13-6-11(15)7-14/h4-5,11,13-15H,6-7H2,1-3H3. The van der Waals surface area contributed by atoms with Crippen LogP contribution in [0.4, 0.5) is 5.69 Å². The summed E-state index contributed by atoms with van der Waals surface area (Å²) in [6, 6.07) is 4.20. The highest BCUT2D eigenvalue weighted by Gasteiger charge is 2.06. The van der Waals surface area contributed by atoms with Crippen LogP contribution >= 0.6 is 0 Å². The summed E-state index contributed by atoms with van der Waals surface area (Å²) in [5, 5.41) is 21.1. The van der Waals surface area contributed by atoms with E-state index in [-0.39, 0.29) is 6.61 Å². The van der Waals surface area contributed by atoms with Crippen molar-refractivity contribution in [1.29, 1.82) is 0 Å². The van der Waals surface area contributed by atoms with Crippen LogP contribution in [0, 0.1) is 20.8 Å². The van der Waals surface area contributed by atoms with Crippen molar-refractivity contribution in [3.63, 3.8) is 0 Å². The SMILES string of the molecule is Cc1cc(C)c(NCC(O)CO)c(C)c1. The van der Waals surface area contributed by atoms with Gasteiger partial charge < -0.3 is 15.5 Å². The second-order valence-electron chi connectivity index (χ2n) is 3.99. The van der Waals surface area contributed by atoms with Crippen molar-refractivity contribution in [3.8, 4) is 0 Å². The van der Waals surface area contributed by atoms with Crippen LogP contribution in [0.15, 0.2) is 12.1 Å². The Kier molecular flexibility index (Phi) is 4.12. The molecular formula is C12H19NO2. The van der Waals surface area contributed by atoms with Crippen molar-refractivity contribution in [1.82, 2.24) is 0 Å². The number of benzene rings is 1. The van der Waals surface area contributed by atoms with Gasteiger partial charge in [-0.05, 0) is 31.9 Å². The molecule has 0 aliphatic heterocycles. The van der Waals surface area contributed by atoms with Crippen LogP contribution < -0.4 is 5.32 Å². The van der Waals surface area contributed by atoms with E-state index in [0.29, 0.717) is 6.54 Å². The van der Waals surface area contributed by atoms with Crippen molar-refractivity contribution in [2.75, 3.05) is 18.5 Å². The Balaban J connectivity index is 2.77. The number of hydrogen-bond donors (Lipinski definition) is 3. The third-order valence-electron chi connectivity index (χ3n) is 2.40. The van der Waals surface area contributed by atoms with Gasteiger partial charge in [0.25, 0.3) is 0 Å². The molecule has 15 heavy (non-hydrogen) atoms. The lowest BCUT2D eigenvalue weighted by Crippen LogP contribution is -2.23. The van der Waals surface area contributed by atoms with Crippen LogP contribution in [-0.2, 0) is 0 Å². The predicted molar refractivity (Wildman–Crippen MR) is 62.2 cm³/mol. The van der Waals surface area contributed by atoms with E-state index in [0.717, 1.165) is 16.8 Å². The number of aryl methyl sites for hydroxylation is 3. The average molecular weight is 209 g/mol. The summed E-state index contributed by atoms with van der Waals surface area (Å²) in [5.74, 6) is 0. The minimum Gasteiger partial charge on any atom is -0.394 e. The molecule has 0 aromatic heterocycles. The van der Waals surface area contributed by atoms with Gasteiger partial charge in [-0.15, -0.1) is 0 Å². The molecule has 0 heterocycles. The van der Waals surface area contributed by atoms with Gasteiger partial charge in [-0.3, -0.25) is 0 Å². The molecule has 1 atom stereocenters. The highest BCUT2D eigenvalue weighted by atomic mass is 16.3. The van der Waals surface area contributed by atoms with Crippen LogP contribution in [0.1, 0.15) is 16.7 Å². The van der Waals surface area contributed by atoms with E-state index in [1.165, 1.54) is 5.56 Å². The van der Waals surface area contributed by atoms with Crippen LogP contribution in [0.25, 0.3) is 0 Å². The summed E-state index contributed by atoms with van der Waals surface area (Å²) in [6.45, 7) is 6.30. The average Bonchev–Trinajstić information content (AvgIpc) is 2.15. The van der Waals surface area contributed by atoms with Gasteiger partial charge in [-0.25, -0.2) is 0 Å². The molecule has 0 spiro atoms. The fourth-order valence-electron chi connectivity index (χ4n) is 1.74. The summed E-state index contributed by atoms with van der Waals surface area (Å²) in [7, 11) is 0. The van der Waals surface area contributed by atoms with Crippen LogP contribution in [0.3, 0.4) is 0 Å². The third-order valence-corrected chi connectivity index (χ3v) is 2.40. The fourth-order valence-corrected chi connectivity index (χ4v) is 1.74. The van der Waals surface area contributed by atoms with Gasteiger partial charge in [0.15, 0.2) is 0 Å². The third kappa shape index (κ3) is 3.22. The first kappa shape index (κ1) is 12.0. The largest absolute Gasteiger partial charge is 0.394 e. The number of nitrogens with one attached hydrogen (secondary N) is 1. The fraction of sp³-hybridized carbons (Fsp3) is 0.500. The Bertz CT molecular complexity index is 313. The Morgan fingerprint density at radius 3 is 2.20 bits per heavy atom. The zero-order valence-corrected chi connectivity index (χ0v) is 9.54. The quantitative estimate of drug-likeness (QED) is 0.702. The van der Waals surface area contributed by atoms with Crippen molar-refractivity contribution in [2.45, 2.75) is 26.9 Å². The maximum atomic E-state index is 9.24. The number of hydrogen-bond acceptors (Lipinski definition) is 3. The van der Waals surface area contributed by atoms with Gasteiger partial charge in [-0.2, -0.15) is 0 Å². The lowest BCUT2D eigenvalue weighted by atomic mass is 10.1. The number of aliphatic hydroxyl groups excluding tert-OH is 2. The summed E-state index contributed by atoms with van der Waals surface area (Å²) < 4.78 is 0. The molecule has 0 aliphatic rings. The van der Waals surface area contributed by atoms with E-state index >= 15 is 0 Å². The first-order valence-electron chi connectivity index (χ1n) is 5.15. The maximum absolute atomic E-state index is 9.24. The summed E-state index contributed by atoms with van der Waals surface area (Å²) in [4.78, 5) is 0. The van der Waals surface area contributed by atoms with Crippen LogP contribution in [0.2, 0.25) is 0 Å². The van der Waals surface area contributed by atoms with Gasteiger partial charge in [0, 0.05) is 12.2 Å². The molecule has 0 amide bonds. The second kappa shape index (κ2) is 5.14. The van der Waals surface area contributed by atoms with E-state index in [4.69, 9.17) is 5.11 Å². The predicted octanol–water partition coefficient (Wildman–Crippen LogP) is 1.38. The molecule has 0 radical (unpaired) electrons. The molecule has 0 saturated carbocycles. The lowest BCUT2D eigenvalue weighted by Gasteiger charge is -2.15. The van der Waals surface area contributed by atoms with Gasteiger partial charge >= 0.3 is 0 Å². The molecule has 0 saturated heterocycles. The lowest BCUT2D eigenvalue weighted by molar-refractivity contribution is 0.105. The van der Waals surface area contributed by atoms with Crippen molar-refractivity contribution < 1.29 is 10.2 Å². The van der Waals surface area contributed by atoms with Gasteiger partial charge in [-0.1, -0.05) is 17.7 Å². The molecule has 1 aromatic carbocycles. The first-order valence-corrected chi connectivity index (χ1v) is 5.15. The number of anilines is 1. The van der Waals surface area contributed by atoms with Crippen molar-refractivity contribution >= 4 is 5.69 Å². The summed E-state index contributed by atoms with van der Waals surface area (Å²) >= 11 is 0. The molecule has 84 valence electrons.